The van der Waals surface area contributed by atoms with Gasteiger partial charge >= 0.3 is 0 Å². The Bertz CT molecular complexity index is 508. The number of anilines is 1. The first kappa shape index (κ1) is 8.42. The first-order valence-corrected chi connectivity index (χ1v) is 4.90. The third-order valence-corrected chi connectivity index (χ3v) is 3.34. The van der Waals surface area contributed by atoms with E-state index in [1.54, 1.807) is 6.07 Å². The molecule has 1 aromatic carbocycles. The molecule has 1 aromatic heterocycles. The van der Waals surface area contributed by atoms with Gasteiger partial charge in [0, 0.05) is 10.1 Å². The Morgan fingerprint density at radius 3 is 2.92 bits per heavy atom. The lowest BCUT2D eigenvalue weighted by Gasteiger charge is -1.93. The second kappa shape index (κ2) is 2.95. The summed E-state index contributed by atoms with van der Waals surface area (Å²) in [6.07, 6.45) is 0. The van der Waals surface area contributed by atoms with E-state index in [1.807, 2.05) is 12.1 Å². The van der Waals surface area contributed by atoms with Crippen molar-refractivity contribution in [2.45, 2.75) is 4.21 Å². The zero-order valence-electron chi connectivity index (χ0n) is 6.61. The Hall–Kier alpha value is -1.18. The van der Waals surface area contributed by atoms with Crippen molar-refractivity contribution in [2.75, 3.05) is 5.73 Å². The molecule has 0 aliphatic carbocycles. The molecule has 2 N–H and O–H groups in total. The molecular formula is C9H6N2S2. The van der Waals surface area contributed by atoms with Gasteiger partial charge in [-0.3, -0.25) is 0 Å². The summed E-state index contributed by atoms with van der Waals surface area (Å²) in [5.41, 5.74) is 7.03. The molecule has 0 spiro atoms. The summed E-state index contributed by atoms with van der Waals surface area (Å²) < 4.78 is 1.79. The van der Waals surface area contributed by atoms with Gasteiger partial charge in [0.25, 0.3) is 0 Å². The van der Waals surface area contributed by atoms with Gasteiger partial charge in [0.15, 0.2) is 0 Å². The molecule has 1 heterocycles. The van der Waals surface area contributed by atoms with Crippen molar-refractivity contribution in [3.63, 3.8) is 0 Å². The van der Waals surface area contributed by atoms with Gasteiger partial charge in [-0.25, -0.2) is 0 Å². The van der Waals surface area contributed by atoms with Crippen molar-refractivity contribution in [1.29, 1.82) is 5.26 Å². The fraction of sp³-hybridized carbons (Fsp3) is 0. The molecule has 2 rings (SSSR count). The number of hydrogen-bond acceptors (Lipinski definition) is 4. The van der Waals surface area contributed by atoms with Crippen molar-refractivity contribution in [3.8, 4) is 6.07 Å². The van der Waals surface area contributed by atoms with Crippen LogP contribution >= 0.6 is 24.0 Å². The van der Waals surface area contributed by atoms with E-state index in [4.69, 9.17) is 11.0 Å². The number of nitrogen functional groups attached to an aromatic ring is 1. The van der Waals surface area contributed by atoms with E-state index < -0.39 is 0 Å². The van der Waals surface area contributed by atoms with Crippen LogP contribution in [0.1, 0.15) is 5.56 Å². The molecule has 0 fully saturated rings. The minimum Gasteiger partial charge on any atom is -0.397 e. The molecule has 0 saturated carbocycles. The van der Waals surface area contributed by atoms with Gasteiger partial charge in [0.05, 0.1) is 21.5 Å². The van der Waals surface area contributed by atoms with E-state index >= 15 is 0 Å². The lowest BCUT2D eigenvalue weighted by Crippen LogP contribution is -1.84. The van der Waals surface area contributed by atoms with Crippen LogP contribution in [0, 0.1) is 11.3 Å². The number of thiophene rings is 1. The lowest BCUT2D eigenvalue weighted by atomic mass is 10.1. The van der Waals surface area contributed by atoms with Crippen molar-refractivity contribution in [1.82, 2.24) is 0 Å². The first-order chi connectivity index (χ1) is 6.24. The highest BCUT2D eigenvalue weighted by molar-refractivity contribution is 7.83. The number of nitrogens with two attached hydrogens (primary N) is 1. The summed E-state index contributed by atoms with van der Waals surface area (Å²) in [6.45, 7) is 0. The molecule has 64 valence electrons. The minimum absolute atomic E-state index is 0.612. The van der Waals surface area contributed by atoms with E-state index in [1.165, 1.54) is 11.3 Å². The fourth-order valence-electron chi connectivity index (χ4n) is 1.25. The second-order valence-electron chi connectivity index (χ2n) is 2.61. The maximum absolute atomic E-state index is 8.84. The molecular weight excluding hydrogens is 200 g/mol. The number of fused-ring (bicyclic) bond motifs is 1. The molecule has 0 aliphatic heterocycles. The molecule has 0 atom stereocenters. The molecule has 13 heavy (non-hydrogen) atoms. The summed E-state index contributed by atoms with van der Waals surface area (Å²) in [5.74, 6) is 0. The molecule has 0 aliphatic rings. The fourth-order valence-corrected chi connectivity index (χ4v) is 2.55. The van der Waals surface area contributed by atoms with Gasteiger partial charge < -0.3 is 5.73 Å². The molecule has 0 amide bonds. The Balaban J connectivity index is 2.97. The van der Waals surface area contributed by atoms with E-state index in [9.17, 15) is 0 Å². The average molecular weight is 206 g/mol. The van der Waals surface area contributed by atoms with Crippen molar-refractivity contribution < 1.29 is 0 Å². The monoisotopic (exact) mass is 206 g/mol. The van der Waals surface area contributed by atoms with Gasteiger partial charge in [-0.05, 0) is 12.1 Å². The standard InChI is InChI=1S/C9H6N2S2/c10-4-5-2-1-3-6-7(5)8(11)9(12)13-6/h1-3,12H,11H2. The number of nitriles is 1. The summed E-state index contributed by atoms with van der Waals surface area (Å²) in [5, 5.41) is 9.68. The highest BCUT2D eigenvalue weighted by Gasteiger charge is 2.09. The molecule has 4 heteroatoms. The normalized spacial score (nSPS) is 10.2. The van der Waals surface area contributed by atoms with Gasteiger partial charge in [-0.15, -0.1) is 24.0 Å². The number of rotatable bonds is 0. The predicted molar refractivity (Wildman–Crippen MR) is 58.2 cm³/mol. The van der Waals surface area contributed by atoms with E-state index in [0.29, 0.717) is 11.3 Å². The zero-order chi connectivity index (χ0) is 9.42. The topological polar surface area (TPSA) is 49.8 Å². The maximum Gasteiger partial charge on any atom is 0.0999 e. The van der Waals surface area contributed by atoms with Crippen LogP contribution in [0.2, 0.25) is 0 Å². The minimum atomic E-state index is 0.612. The van der Waals surface area contributed by atoms with Gasteiger partial charge in [-0.1, -0.05) is 6.07 Å². The maximum atomic E-state index is 8.84. The van der Waals surface area contributed by atoms with Crippen molar-refractivity contribution in [2.24, 2.45) is 0 Å². The van der Waals surface area contributed by atoms with E-state index in [0.717, 1.165) is 14.3 Å². The largest absolute Gasteiger partial charge is 0.397 e. The Morgan fingerprint density at radius 2 is 2.23 bits per heavy atom. The molecule has 0 radical (unpaired) electrons. The third-order valence-electron chi connectivity index (χ3n) is 1.85. The molecule has 0 saturated heterocycles. The molecule has 0 unspecified atom stereocenters. The van der Waals surface area contributed by atoms with Crippen molar-refractivity contribution >= 4 is 39.7 Å². The third kappa shape index (κ3) is 1.17. The van der Waals surface area contributed by atoms with Gasteiger partial charge in [-0.2, -0.15) is 5.26 Å². The molecule has 2 nitrogen and oxygen atoms in total. The van der Waals surface area contributed by atoms with Gasteiger partial charge in [0.2, 0.25) is 0 Å². The van der Waals surface area contributed by atoms with Crippen LogP contribution in [0.4, 0.5) is 5.69 Å². The van der Waals surface area contributed by atoms with E-state index in [-0.39, 0.29) is 0 Å². The van der Waals surface area contributed by atoms with Crippen LogP contribution in [-0.2, 0) is 0 Å². The number of nitrogens with zero attached hydrogens (tertiary/aromatic N) is 1. The van der Waals surface area contributed by atoms with Crippen LogP contribution in [-0.4, -0.2) is 0 Å². The quantitative estimate of drug-likeness (QED) is 0.651. The smallest absolute Gasteiger partial charge is 0.0999 e. The average Bonchev–Trinajstić information content (AvgIpc) is 2.43. The summed E-state index contributed by atoms with van der Waals surface area (Å²) in [7, 11) is 0. The summed E-state index contributed by atoms with van der Waals surface area (Å²) in [6, 6.07) is 7.67. The van der Waals surface area contributed by atoms with E-state index in [2.05, 4.69) is 18.7 Å². The van der Waals surface area contributed by atoms with Crippen molar-refractivity contribution in [3.05, 3.63) is 23.8 Å². The Morgan fingerprint density at radius 1 is 1.46 bits per heavy atom. The highest BCUT2D eigenvalue weighted by Crippen LogP contribution is 2.37. The number of hydrogen-bond donors (Lipinski definition) is 2. The second-order valence-corrected chi connectivity index (χ2v) is 4.41. The molecule has 2 aromatic rings. The lowest BCUT2D eigenvalue weighted by molar-refractivity contribution is 1.51. The predicted octanol–water partition coefficient (Wildman–Crippen LogP) is 2.64. The Labute approximate surface area is 85.0 Å². The van der Waals surface area contributed by atoms with Crippen LogP contribution in [0.15, 0.2) is 22.4 Å². The number of thiol groups is 1. The number of benzene rings is 1. The van der Waals surface area contributed by atoms with Gasteiger partial charge in [0.1, 0.15) is 0 Å². The summed E-state index contributed by atoms with van der Waals surface area (Å²) in [4.78, 5) is 0. The molecule has 0 bridgehead atoms. The van der Waals surface area contributed by atoms with Crippen LogP contribution < -0.4 is 5.73 Å². The highest BCUT2D eigenvalue weighted by atomic mass is 32.2. The van der Waals surface area contributed by atoms with Crippen LogP contribution in [0.25, 0.3) is 10.1 Å². The summed E-state index contributed by atoms with van der Waals surface area (Å²) >= 11 is 5.72. The van der Waals surface area contributed by atoms with Crippen LogP contribution in [0.5, 0.6) is 0 Å². The Kier molecular flexibility index (Phi) is 1.91. The SMILES string of the molecule is N#Cc1cccc2sc(S)c(N)c12. The first-order valence-electron chi connectivity index (χ1n) is 3.64. The zero-order valence-corrected chi connectivity index (χ0v) is 8.32. The van der Waals surface area contributed by atoms with Crippen LogP contribution in [0.3, 0.4) is 0 Å².